The van der Waals surface area contributed by atoms with Gasteiger partial charge in [-0.3, -0.25) is 4.79 Å². The van der Waals surface area contributed by atoms with Crippen LogP contribution in [-0.2, 0) is 9.53 Å². The summed E-state index contributed by atoms with van der Waals surface area (Å²) in [5, 5.41) is 3.29. The lowest BCUT2D eigenvalue weighted by Gasteiger charge is -2.20. The minimum atomic E-state index is -0.685. The van der Waals surface area contributed by atoms with Crippen LogP contribution in [0, 0.1) is 0 Å². The summed E-state index contributed by atoms with van der Waals surface area (Å²) in [7, 11) is 1.44. The topological polar surface area (TPSA) is 64.6 Å². The fraction of sp³-hybridized carbons (Fsp3) is 0.130. The van der Waals surface area contributed by atoms with Gasteiger partial charge in [0.15, 0.2) is 6.61 Å². The third kappa shape index (κ3) is 5.36. The van der Waals surface area contributed by atoms with Crippen LogP contribution in [0.15, 0.2) is 78.9 Å². The van der Waals surface area contributed by atoms with E-state index in [9.17, 15) is 9.59 Å². The maximum Gasteiger partial charge on any atom is 0.342 e. The zero-order chi connectivity index (χ0) is 20.6. The van der Waals surface area contributed by atoms with Crippen molar-refractivity contribution in [3.63, 3.8) is 0 Å². The van der Waals surface area contributed by atoms with Crippen LogP contribution in [0.1, 0.15) is 27.5 Å². The molecule has 0 aliphatic carbocycles. The first-order valence-corrected chi connectivity index (χ1v) is 9.36. The van der Waals surface area contributed by atoms with Crippen LogP contribution in [-0.4, -0.2) is 25.6 Å². The largest absolute Gasteiger partial charge is 0.496 e. The summed E-state index contributed by atoms with van der Waals surface area (Å²) in [4.78, 5) is 24.9. The fourth-order valence-electron chi connectivity index (χ4n) is 2.90. The van der Waals surface area contributed by atoms with Gasteiger partial charge in [-0.2, -0.15) is 0 Å². The van der Waals surface area contributed by atoms with Crippen LogP contribution < -0.4 is 10.1 Å². The van der Waals surface area contributed by atoms with E-state index in [1.807, 2.05) is 60.7 Å². The summed E-state index contributed by atoms with van der Waals surface area (Å²) in [5.74, 6) is -0.779. The average Bonchev–Trinajstić information content (AvgIpc) is 2.77. The van der Waals surface area contributed by atoms with Gasteiger partial charge in [-0.15, -0.1) is 0 Å². The Labute approximate surface area is 174 Å². The van der Waals surface area contributed by atoms with Gasteiger partial charge in [-0.05, 0) is 29.3 Å². The Balaban J connectivity index is 1.70. The average molecular weight is 410 g/mol. The number of ether oxygens (including phenoxy) is 2. The molecule has 0 spiro atoms. The van der Waals surface area contributed by atoms with Crippen molar-refractivity contribution in [2.45, 2.75) is 6.04 Å². The molecule has 0 heterocycles. The first kappa shape index (κ1) is 20.4. The molecule has 0 radical (unpaired) electrons. The summed E-state index contributed by atoms with van der Waals surface area (Å²) >= 11 is 5.94. The molecule has 148 valence electrons. The highest BCUT2D eigenvalue weighted by Crippen LogP contribution is 2.24. The van der Waals surface area contributed by atoms with Crippen LogP contribution in [0.25, 0.3) is 0 Å². The maximum atomic E-state index is 12.5. The number of rotatable bonds is 7. The van der Waals surface area contributed by atoms with Crippen LogP contribution in [0.2, 0.25) is 5.02 Å². The van der Waals surface area contributed by atoms with E-state index in [2.05, 4.69) is 5.32 Å². The minimum absolute atomic E-state index is 0.162. The van der Waals surface area contributed by atoms with Crippen molar-refractivity contribution in [3.05, 3.63) is 101 Å². The molecule has 0 saturated heterocycles. The number of benzene rings is 3. The predicted octanol–water partition coefficient (Wildman–Crippen LogP) is 4.41. The molecule has 0 aliphatic rings. The monoisotopic (exact) mass is 409 g/mol. The van der Waals surface area contributed by atoms with Gasteiger partial charge in [0.05, 0.1) is 13.2 Å². The molecule has 29 heavy (non-hydrogen) atoms. The first-order valence-electron chi connectivity index (χ1n) is 8.98. The summed E-state index contributed by atoms with van der Waals surface area (Å²) in [6.45, 7) is -0.426. The standard InChI is InChI=1S/C23H20ClNO4/c1-28-20-13-12-18(24)14-19(20)23(27)29-15-21(26)25-22(16-8-4-2-5-9-16)17-10-6-3-7-11-17/h2-14,22H,15H2,1H3,(H,25,26). The molecular formula is C23H20ClNO4. The number of amides is 1. The van der Waals surface area contributed by atoms with Crippen molar-refractivity contribution in [1.29, 1.82) is 0 Å². The van der Waals surface area contributed by atoms with Crippen molar-refractivity contribution in [2.75, 3.05) is 13.7 Å². The van der Waals surface area contributed by atoms with Crippen LogP contribution in [0.4, 0.5) is 0 Å². The lowest BCUT2D eigenvalue weighted by Crippen LogP contribution is -2.33. The number of carbonyl (C=O) groups is 2. The van der Waals surface area contributed by atoms with Gasteiger partial charge >= 0.3 is 5.97 Å². The second-order valence-electron chi connectivity index (χ2n) is 6.24. The van der Waals surface area contributed by atoms with Crippen LogP contribution in [0.3, 0.4) is 0 Å². The molecule has 3 rings (SSSR count). The summed E-state index contributed by atoms with van der Waals surface area (Å²) in [6, 6.07) is 23.4. The van der Waals surface area contributed by atoms with E-state index in [1.165, 1.54) is 13.2 Å². The Hall–Kier alpha value is -3.31. The van der Waals surface area contributed by atoms with Gasteiger partial charge in [-0.25, -0.2) is 4.79 Å². The molecule has 0 atom stereocenters. The molecule has 6 heteroatoms. The van der Waals surface area contributed by atoms with Gasteiger partial charge in [0, 0.05) is 5.02 Å². The minimum Gasteiger partial charge on any atom is -0.496 e. The van der Waals surface area contributed by atoms with E-state index >= 15 is 0 Å². The van der Waals surface area contributed by atoms with E-state index < -0.39 is 18.5 Å². The molecule has 1 amide bonds. The van der Waals surface area contributed by atoms with Crippen LogP contribution >= 0.6 is 11.6 Å². The molecule has 3 aromatic carbocycles. The van der Waals surface area contributed by atoms with Crippen molar-refractivity contribution >= 4 is 23.5 Å². The van der Waals surface area contributed by atoms with E-state index in [-0.39, 0.29) is 11.6 Å². The normalized spacial score (nSPS) is 10.4. The second kappa shape index (κ2) is 9.75. The second-order valence-corrected chi connectivity index (χ2v) is 6.68. The molecule has 3 aromatic rings. The molecule has 0 saturated carbocycles. The van der Waals surface area contributed by atoms with Gasteiger partial charge in [0.1, 0.15) is 11.3 Å². The number of methoxy groups -OCH3 is 1. The molecule has 0 fully saturated rings. The molecule has 0 bridgehead atoms. The van der Waals surface area contributed by atoms with Gasteiger partial charge < -0.3 is 14.8 Å². The Morgan fingerprint density at radius 3 is 2.07 bits per heavy atom. The highest BCUT2D eigenvalue weighted by atomic mass is 35.5. The SMILES string of the molecule is COc1ccc(Cl)cc1C(=O)OCC(=O)NC(c1ccccc1)c1ccccc1. The third-order valence-corrected chi connectivity index (χ3v) is 4.52. The zero-order valence-corrected chi connectivity index (χ0v) is 16.6. The molecule has 0 aliphatic heterocycles. The number of halogens is 1. The zero-order valence-electron chi connectivity index (χ0n) is 15.8. The van der Waals surface area contributed by atoms with Crippen molar-refractivity contribution in [3.8, 4) is 5.75 Å². The number of esters is 1. The lowest BCUT2D eigenvalue weighted by atomic mass is 9.99. The van der Waals surface area contributed by atoms with Crippen molar-refractivity contribution in [1.82, 2.24) is 5.32 Å². The van der Waals surface area contributed by atoms with E-state index in [4.69, 9.17) is 21.1 Å². The molecule has 5 nitrogen and oxygen atoms in total. The van der Waals surface area contributed by atoms with E-state index in [0.29, 0.717) is 10.8 Å². The number of hydrogen-bond donors (Lipinski definition) is 1. The fourth-order valence-corrected chi connectivity index (χ4v) is 3.07. The van der Waals surface area contributed by atoms with E-state index in [0.717, 1.165) is 11.1 Å². The van der Waals surface area contributed by atoms with Crippen molar-refractivity contribution < 1.29 is 19.1 Å². The Kier molecular flexibility index (Phi) is 6.87. The third-order valence-electron chi connectivity index (χ3n) is 4.29. The smallest absolute Gasteiger partial charge is 0.342 e. The highest BCUT2D eigenvalue weighted by molar-refractivity contribution is 6.31. The summed E-state index contributed by atoms with van der Waals surface area (Å²) in [5.41, 5.74) is 2.01. The molecule has 0 unspecified atom stereocenters. The molecular weight excluding hydrogens is 390 g/mol. The Morgan fingerprint density at radius 2 is 1.52 bits per heavy atom. The maximum absolute atomic E-state index is 12.5. The predicted molar refractivity (Wildman–Crippen MR) is 111 cm³/mol. The van der Waals surface area contributed by atoms with Gasteiger partial charge in [-0.1, -0.05) is 72.3 Å². The highest BCUT2D eigenvalue weighted by Gasteiger charge is 2.19. The quantitative estimate of drug-likeness (QED) is 0.587. The number of carbonyl (C=O) groups excluding carboxylic acids is 2. The van der Waals surface area contributed by atoms with Crippen LogP contribution in [0.5, 0.6) is 5.75 Å². The summed E-state index contributed by atoms with van der Waals surface area (Å²) in [6.07, 6.45) is 0. The molecule has 0 aromatic heterocycles. The molecule has 1 N–H and O–H groups in total. The number of nitrogens with one attached hydrogen (secondary N) is 1. The summed E-state index contributed by atoms with van der Waals surface area (Å²) < 4.78 is 10.3. The van der Waals surface area contributed by atoms with E-state index in [1.54, 1.807) is 12.1 Å². The van der Waals surface area contributed by atoms with Gasteiger partial charge in [0.25, 0.3) is 5.91 Å². The Morgan fingerprint density at radius 1 is 0.931 bits per heavy atom. The first-order chi connectivity index (χ1) is 14.1. The lowest BCUT2D eigenvalue weighted by molar-refractivity contribution is -0.124. The Bertz CT molecular complexity index is 937. The van der Waals surface area contributed by atoms with Gasteiger partial charge in [0.2, 0.25) is 0 Å². The van der Waals surface area contributed by atoms with Crippen molar-refractivity contribution in [2.24, 2.45) is 0 Å². The number of hydrogen-bond acceptors (Lipinski definition) is 4.